The molecule has 0 amide bonds. The first-order valence-corrected chi connectivity index (χ1v) is 14.1. The van der Waals surface area contributed by atoms with Crippen LogP contribution < -0.4 is 0 Å². The van der Waals surface area contributed by atoms with Crippen molar-refractivity contribution in [3.05, 3.63) is 140 Å². The number of rotatable bonds is 3. The molecule has 0 saturated heterocycles. The lowest BCUT2D eigenvalue weighted by Crippen LogP contribution is -1.92. The van der Waals surface area contributed by atoms with Gasteiger partial charge in [0.1, 0.15) is 22.3 Å². The molecule has 0 aliphatic carbocycles. The summed E-state index contributed by atoms with van der Waals surface area (Å²) >= 11 is 0. The lowest BCUT2D eigenvalue weighted by Gasteiger charge is -2.09. The van der Waals surface area contributed by atoms with E-state index in [4.69, 9.17) is 14.4 Å². The van der Waals surface area contributed by atoms with Gasteiger partial charge in [-0.1, -0.05) is 97.1 Å². The molecule has 9 aromatic rings. The van der Waals surface area contributed by atoms with Crippen molar-refractivity contribution in [1.82, 2.24) is 14.4 Å². The maximum atomic E-state index is 6.01. The van der Waals surface area contributed by atoms with Crippen molar-refractivity contribution in [2.75, 3.05) is 0 Å². The molecule has 5 aromatic carbocycles. The van der Waals surface area contributed by atoms with E-state index in [-0.39, 0.29) is 0 Å². The van der Waals surface area contributed by atoms with Crippen molar-refractivity contribution < 1.29 is 4.42 Å². The van der Waals surface area contributed by atoms with Crippen LogP contribution >= 0.6 is 0 Å². The van der Waals surface area contributed by atoms with Gasteiger partial charge in [0, 0.05) is 27.9 Å². The molecule has 0 atom stereocenters. The van der Waals surface area contributed by atoms with E-state index in [1.807, 2.05) is 42.5 Å². The summed E-state index contributed by atoms with van der Waals surface area (Å²) in [5.74, 6) is 0. The van der Waals surface area contributed by atoms with Crippen molar-refractivity contribution in [3.63, 3.8) is 0 Å². The van der Waals surface area contributed by atoms with Crippen LogP contribution in [-0.4, -0.2) is 14.4 Å². The number of nitrogens with zero attached hydrogens (tertiary/aromatic N) is 3. The van der Waals surface area contributed by atoms with Crippen LogP contribution in [0.3, 0.4) is 0 Å². The van der Waals surface area contributed by atoms with Crippen LogP contribution in [-0.2, 0) is 0 Å². The minimum Gasteiger partial charge on any atom is -0.456 e. The van der Waals surface area contributed by atoms with Gasteiger partial charge in [0.15, 0.2) is 0 Å². The minimum absolute atomic E-state index is 0.916. The van der Waals surface area contributed by atoms with Crippen molar-refractivity contribution in [2.45, 2.75) is 0 Å². The first-order valence-electron chi connectivity index (χ1n) is 14.1. The van der Waals surface area contributed by atoms with E-state index in [0.29, 0.717) is 0 Å². The smallest absolute Gasteiger partial charge is 0.137 e. The average molecular weight is 538 g/mol. The zero-order valence-corrected chi connectivity index (χ0v) is 22.5. The predicted octanol–water partition coefficient (Wildman–Crippen LogP) is 9.94. The third-order valence-electron chi connectivity index (χ3n) is 8.23. The molecule has 4 nitrogen and oxygen atoms in total. The number of hydrogen-bond donors (Lipinski definition) is 0. The Balaban J connectivity index is 1.09. The molecule has 0 N–H and O–H groups in total. The third kappa shape index (κ3) is 3.49. The maximum absolute atomic E-state index is 6.01. The Morgan fingerprint density at radius 1 is 0.476 bits per heavy atom. The molecule has 0 radical (unpaired) electrons. The number of para-hydroxylation sites is 2. The summed E-state index contributed by atoms with van der Waals surface area (Å²) in [5.41, 5.74) is 12.4. The Labute approximate surface area is 241 Å². The second-order valence-corrected chi connectivity index (χ2v) is 10.7. The summed E-state index contributed by atoms with van der Waals surface area (Å²) in [6, 6.07) is 46.4. The van der Waals surface area contributed by atoms with Crippen LogP contribution in [0.5, 0.6) is 0 Å². The Hall–Kier alpha value is -5.74. The molecule has 0 fully saturated rings. The molecule has 0 aliphatic rings. The van der Waals surface area contributed by atoms with Crippen molar-refractivity contribution in [1.29, 1.82) is 0 Å². The van der Waals surface area contributed by atoms with Gasteiger partial charge < -0.3 is 4.42 Å². The molecule has 42 heavy (non-hydrogen) atoms. The number of hydrogen-bond acceptors (Lipinski definition) is 3. The summed E-state index contributed by atoms with van der Waals surface area (Å²) in [7, 11) is 0. The van der Waals surface area contributed by atoms with Crippen LogP contribution in [0.2, 0.25) is 0 Å². The number of aromatic nitrogens is 3. The Kier molecular flexibility index (Phi) is 4.87. The van der Waals surface area contributed by atoms with Gasteiger partial charge in [-0.05, 0) is 58.7 Å². The number of furan rings is 1. The van der Waals surface area contributed by atoms with Gasteiger partial charge in [-0.15, -0.1) is 0 Å². The summed E-state index contributed by atoms with van der Waals surface area (Å²) in [4.78, 5) is 10.1. The molecule has 196 valence electrons. The zero-order chi connectivity index (χ0) is 27.6. The lowest BCUT2D eigenvalue weighted by molar-refractivity contribution is 0.669. The van der Waals surface area contributed by atoms with Gasteiger partial charge >= 0.3 is 0 Å². The summed E-state index contributed by atoms with van der Waals surface area (Å²) < 4.78 is 8.15. The molecule has 0 aliphatic heterocycles. The van der Waals surface area contributed by atoms with Crippen molar-refractivity contribution in [3.8, 4) is 33.5 Å². The van der Waals surface area contributed by atoms with E-state index in [0.717, 1.165) is 66.3 Å². The Bertz CT molecular complexity index is 2450. The average Bonchev–Trinajstić information content (AvgIpc) is 3.63. The van der Waals surface area contributed by atoms with Crippen LogP contribution in [0.4, 0.5) is 0 Å². The van der Waals surface area contributed by atoms with E-state index < -0.39 is 0 Å². The topological polar surface area (TPSA) is 43.3 Å². The first-order chi connectivity index (χ1) is 20.8. The molecular formula is C38H23N3O. The van der Waals surface area contributed by atoms with Gasteiger partial charge in [0.25, 0.3) is 0 Å². The highest BCUT2D eigenvalue weighted by atomic mass is 16.3. The third-order valence-corrected chi connectivity index (χ3v) is 8.23. The lowest BCUT2D eigenvalue weighted by atomic mass is 9.98. The van der Waals surface area contributed by atoms with Crippen LogP contribution in [0.15, 0.2) is 144 Å². The molecule has 4 heteroatoms. The summed E-state index contributed by atoms with van der Waals surface area (Å²) in [6.45, 7) is 0. The zero-order valence-electron chi connectivity index (χ0n) is 22.5. The molecule has 0 spiro atoms. The quantitative estimate of drug-likeness (QED) is 0.225. The van der Waals surface area contributed by atoms with Crippen LogP contribution in [0, 0.1) is 0 Å². The number of fused-ring (bicyclic) bond motifs is 8. The van der Waals surface area contributed by atoms with Crippen molar-refractivity contribution in [2.24, 2.45) is 0 Å². The minimum atomic E-state index is 0.916. The second-order valence-electron chi connectivity index (χ2n) is 10.7. The highest BCUT2D eigenvalue weighted by Gasteiger charge is 2.16. The summed E-state index contributed by atoms with van der Waals surface area (Å²) in [5, 5.41) is 3.36. The van der Waals surface area contributed by atoms with Crippen molar-refractivity contribution >= 4 is 49.5 Å². The fourth-order valence-corrected chi connectivity index (χ4v) is 6.14. The monoisotopic (exact) mass is 537 g/mol. The Morgan fingerprint density at radius 3 is 1.90 bits per heavy atom. The van der Waals surface area contributed by atoms with E-state index >= 15 is 0 Å². The van der Waals surface area contributed by atoms with E-state index in [9.17, 15) is 0 Å². The fourth-order valence-electron chi connectivity index (χ4n) is 6.14. The normalized spacial score (nSPS) is 11.8. The molecule has 0 unspecified atom stereocenters. The molecule has 4 heterocycles. The van der Waals surface area contributed by atoms with E-state index in [2.05, 4.69) is 102 Å². The molecule has 4 aromatic heterocycles. The van der Waals surface area contributed by atoms with Crippen LogP contribution in [0.1, 0.15) is 0 Å². The van der Waals surface area contributed by atoms with Gasteiger partial charge in [-0.2, -0.15) is 0 Å². The predicted molar refractivity (Wildman–Crippen MR) is 172 cm³/mol. The standard InChI is InChI=1S/C38H23N3O/c1-3-9-32-30(8-1)37-38(41-22-6-5-11-35(41)40-37)36(39-32)27-18-16-25(17-19-27)24-12-14-26(15-13-24)28-20-21-34-31(23-28)29-7-2-4-10-33(29)42-34/h1-23H. The molecule has 0 bridgehead atoms. The largest absolute Gasteiger partial charge is 0.456 e. The number of benzene rings is 5. The van der Waals surface area contributed by atoms with Gasteiger partial charge in [-0.3, -0.25) is 4.40 Å². The van der Waals surface area contributed by atoms with Gasteiger partial charge in [-0.25, -0.2) is 9.97 Å². The van der Waals surface area contributed by atoms with E-state index in [1.54, 1.807) is 0 Å². The number of pyridine rings is 2. The Morgan fingerprint density at radius 2 is 1.10 bits per heavy atom. The van der Waals surface area contributed by atoms with Gasteiger partial charge in [0.05, 0.1) is 16.7 Å². The first kappa shape index (κ1) is 23.0. The SMILES string of the molecule is c1ccc2c(c1)nc(-c1ccc(-c3ccc(-c4ccc5oc6ccccc6c5c4)cc3)cc1)c1c2nc2ccccn21. The summed E-state index contributed by atoms with van der Waals surface area (Å²) in [6.07, 6.45) is 2.06. The van der Waals surface area contributed by atoms with E-state index in [1.165, 1.54) is 16.7 Å². The molecule has 9 rings (SSSR count). The van der Waals surface area contributed by atoms with Gasteiger partial charge in [0.2, 0.25) is 0 Å². The highest BCUT2D eigenvalue weighted by Crippen LogP contribution is 2.35. The molecule has 0 saturated carbocycles. The number of imidazole rings is 1. The maximum Gasteiger partial charge on any atom is 0.137 e. The molecular weight excluding hydrogens is 514 g/mol. The second kappa shape index (κ2) is 8.88. The highest BCUT2D eigenvalue weighted by molar-refractivity contribution is 6.09. The fraction of sp³-hybridized carbons (Fsp3) is 0. The van der Waals surface area contributed by atoms with Crippen LogP contribution in [0.25, 0.3) is 83.0 Å².